The van der Waals surface area contributed by atoms with Crippen LogP contribution in [0.2, 0.25) is 0 Å². The zero-order valence-electron chi connectivity index (χ0n) is 30.7. The molecule has 0 spiro atoms. The van der Waals surface area contributed by atoms with Crippen molar-refractivity contribution in [3.63, 3.8) is 0 Å². The summed E-state index contributed by atoms with van der Waals surface area (Å²) in [5, 5.41) is 19.6. The highest BCUT2D eigenvalue weighted by Gasteiger charge is 2.23. The van der Waals surface area contributed by atoms with Crippen molar-refractivity contribution in [2.45, 2.75) is 107 Å². The molecule has 10 bridgehead atoms. The molecule has 0 unspecified atom stereocenters. The van der Waals surface area contributed by atoms with E-state index in [1.54, 1.807) is 0 Å². The number of rotatable bonds is 10. The van der Waals surface area contributed by atoms with Crippen molar-refractivity contribution in [3.8, 4) is 0 Å². The van der Waals surface area contributed by atoms with Crippen LogP contribution in [0.15, 0.2) is 24.3 Å². The van der Waals surface area contributed by atoms with E-state index >= 15 is 0 Å². The van der Waals surface area contributed by atoms with Gasteiger partial charge in [0.05, 0.1) is 28.3 Å². The largest absolute Gasteiger partial charge is 0.396 e. The first kappa shape index (κ1) is 34.7. The van der Waals surface area contributed by atoms with Crippen LogP contribution in [0.4, 0.5) is 0 Å². The van der Waals surface area contributed by atoms with Crippen molar-refractivity contribution in [3.05, 3.63) is 80.4 Å². The lowest BCUT2D eigenvalue weighted by Gasteiger charge is -2.03. The van der Waals surface area contributed by atoms with Gasteiger partial charge in [-0.25, -0.2) is 9.97 Å². The number of allylic oxidation sites excluding steroid dienone is 4. The zero-order valence-corrected chi connectivity index (χ0v) is 30.7. The summed E-state index contributed by atoms with van der Waals surface area (Å²) in [6, 6.07) is 8.93. The van der Waals surface area contributed by atoms with E-state index in [0.29, 0.717) is 12.8 Å². The Morgan fingerprint density at radius 3 is 1.73 bits per heavy atom. The topological polar surface area (TPSA) is 114 Å². The Morgan fingerprint density at radius 2 is 1.08 bits per heavy atom. The third-order valence-electron chi connectivity index (χ3n) is 10.8. The van der Waals surface area contributed by atoms with Crippen molar-refractivity contribution in [2.75, 3.05) is 13.2 Å². The second-order valence-corrected chi connectivity index (χ2v) is 13.6. The minimum Gasteiger partial charge on any atom is -0.396 e. The van der Waals surface area contributed by atoms with Gasteiger partial charge in [0.1, 0.15) is 0 Å². The average molecular weight is 660 g/mol. The van der Waals surface area contributed by atoms with Crippen LogP contribution in [0.25, 0.3) is 55.4 Å². The van der Waals surface area contributed by atoms with E-state index in [0.717, 1.165) is 100.0 Å². The highest BCUT2D eigenvalue weighted by Crippen LogP contribution is 2.39. The highest BCUT2D eigenvalue weighted by atomic mass is 16.3. The molecule has 6 heterocycles. The molecule has 0 atom stereocenters. The second kappa shape index (κ2) is 14.3. The molecule has 258 valence electrons. The van der Waals surface area contributed by atoms with E-state index in [9.17, 15) is 10.2 Å². The summed E-state index contributed by atoms with van der Waals surface area (Å²) < 4.78 is 0. The van der Waals surface area contributed by atoms with Crippen molar-refractivity contribution in [2.24, 2.45) is 0 Å². The van der Waals surface area contributed by atoms with Gasteiger partial charge in [-0.3, -0.25) is 0 Å². The average Bonchev–Trinajstić information content (AvgIpc) is 3.84. The molecule has 6 rings (SSSR count). The minimum atomic E-state index is 0.142. The Morgan fingerprint density at radius 1 is 0.510 bits per heavy atom. The summed E-state index contributed by atoms with van der Waals surface area (Å²) in [4.78, 5) is 22.0. The van der Waals surface area contributed by atoms with Gasteiger partial charge < -0.3 is 25.2 Å². The molecule has 0 radical (unpaired) electrons. The van der Waals surface area contributed by atoms with Crippen LogP contribution in [-0.2, 0) is 25.7 Å². The van der Waals surface area contributed by atoms with Gasteiger partial charge in [0, 0.05) is 40.8 Å². The fourth-order valence-electron chi connectivity index (χ4n) is 8.10. The fourth-order valence-corrected chi connectivity index (χ4v) is 8.10. The van der Waals surface area contributed by atoms with E-state index in [1.165, 1.54) is 50.1 Å². The van der Waals surface area contributed by atoms with Gasteiger partial charge in [0.2, 0.25) is 0 Å². The third kappa shape index (κ3) is 6.12. The van der Waals surface area contributed by atoms with Crippen LogP contribution in [-0.4, -0.2) is 48.3 Å². The molecule has 49 heavy (non-hydrogen) atoms. The van der Waals surface area contributed by atoms with Crippen LogP contribution in [0.3, 0.4) is 0 Å². The van der Waals surface area contributed by atoms with E-state index in [2.05, 4.69) is 94.6 Å². The van der Waals surface area contributed by atoms with Gasteiger partial charge in [0.25, 0.3) is 0 Å². The lowest BCUT2D eigenvalue weighted by molar-refractivity contribution is 0.288. The lowest BCUT2D eigenvalue weighted by atomic mass is 9.99. The molecule has 0 saturated carbocycles. The summed E-state index contributed by atoms with van der Waals surface area (Å²) in [5.41, 5.74) is 22.8. The molecular formula is C42H53N5O2. The first-order valence-corrected chi connectivity index (χ1v) is 18.3. The summed E-state index contributed by atoms with van der Waals surface area (Å²) in [5.74, 6) is 0. The maximum Gasteiger partial charge on any atom is 0.0907 e. The van der Waals surface area contributed by atoms with Crippen molar-refractivity contribution >= 4 is 55.4 Å². The fraction of sp³-hybridized carbons (Fsp3) is 0.429. The monoisotopic (exact) mass is 659 g/mol. The van der Waals surface area contributed by atoms with Crippen molar-refractivity contribution in [1.82, 2.24) is 24.9 Å². The number of aromatic nitrogens is 5. The Balaban J connectivity index is 1.83. The first-order valence-electron chi connectivity index (χ1n) is 18.3. The van der Waals surface area contributed by atoms with Gasteiger partial charge in [0.15, 0.2) is 0 Å². The number of nitrogens with zero attached hydrogens (tertiary/aromatic N) is 2. The molecule has 0 amide bonds. The number of hydrogen-bond donors (Lipinski definition) is 5. The van der Waals surface area contributed by atoms with Gasteiger partial charge in [-0.15, -0.1) is 0 Å². The molecular weight excluding hydrogens is 606 g/mol. The number of aryl methyl sites for hydroxylation is 6. The summed E-state index contributed by atoms with van der Waals surface area (Å²) in [7, 11) is 0. The number of H-pyrrole nitrogens is 3. The van der Waals surface area contributed by atoms with Crippen molar-refractivity contribution in [1.29, 1.82) is 0 Å². The predicted molar refractivity (Wildman–Crippen MR) is 206 cm³/mol. The standard InChI is InChI=1S/C42H53N5O2/c1-9-27-25(7)41-42-26(8)28(10-2)36(47-42)20-34-24(6)32(16-14-18-49)40(44-34)22-38-30(12-4)29(11-3)37(45-38)21-39-31(15-13-17-48)23(5)33(43-39)19-35(27)46-41/h19-22,43,45-46,48-49H,9-18H2,1-8H3. The zero-order chi connectivity index (χ0) is 35.0. The number of fused-ring (bicyclic) bond motifs is 11. The molecule has 4 aromatic rings. The molecule has 0 aliphatic carbocycles. The number of aliphatic hydroxyl groups excluding tert-OH is 2. The van der Waals surface area contributed by atoms with E-state index < -0.39 is 0 Å². The maximum atomic E-state index is 9.82. The third-order valence-corrected chi connectivity index (χ3v) is 10.8. The number of hydrogen-bond acceptors (Lipinski definition) is 4. The smallest absolute Gasteiger partial charge is 0.0907 e. The first-order chi connectivity index (χ1) is 23.7. The van der Waals surface area contributed by atoms with Crippen LogP contribution in [0.5, 0.6) is 0 Å². The molecule has 2 aliphatic heterocycles. The molecule has 4 aromatic heterocycles. The van der Waals surface area contributed by atoms with Crippen LogP contribution in [0.1, 0.15) is 123 Å². The predicted octanol–water partition coefficient (Wildman–Crippen LogP) is 9.63. The van der Waals surface area contributed by atoms with Crippen LogP contribution in [0, 0.1) is 13.8 Å². The highest BCUT2D eigenvalue weighted by molar-refractivity contribution is 5.98. The molecule has 7 nitrogen and oxygen atoms in total. The van der Waals surface area contributed by atoms with E-state index in [1.807, 2.05) is 0 Å². The molecule has 2 aliphatic rings. The Hall–Kier alpha value is -4.20. The van der Waals surface area contributed by atoms with Gasteiger partial charge in [-0.05, 0) is 159 Å². The number of nitrogens with one attached hydrogen (secondary N) is 3. The Kier molecular flexibility index (Phi) is 10.1. The number of aromatic amines is 3. The molecule has 0 saturated heterocycles. The summed E-state index contributed by atoms with van der Waals surface area (Å²) in [6.45, 7) is 17.9. The lowest BCUT2D eigenvalue weighted by Crippen LogP contribution is -1.90. The van der Waals surface area contributed by atoms with Gasteiger partial charge in [-0.2, -0.15) is 0 Å². The SMILES string of the molecule is CCC1=C(C)c2nc1cc1nc(cc3[nH]c(cc4[nH]c(cc5[nH]c2c(C)c5CC)c(C)c4CCCO)c(CC)c3CC)C(CCCO)=C1C. The number of aliphatic hydroxyl groups is 2. The van der Waals surface area contributed by atoms with E-state index in [-0.39, 0.29) is 13.2 Å². The normalized spacial score (nSPS) is 13.3. The molecule has 7 heteroatoms. The molecule has 0 aromatic carbocycles. The second-order valence-electron chi connectivity index (χ2n) is 13.6. The quantitative estimate of drug-likeness (QED) is 0.117. The minimum absolute atomic E-state index is 0.142. The summed E-state index contributed by atoms with van der Waals surface area (Å²) in [6.07, 6.45) is 6.53. The molecule has 0 fully saturated rings. The van der Waals surface area contributed by atoms with Crippen LogP contribution >= 0.6 is 0 Å². The van der Waals surface area contributed by atoms with E-state index in [4.69, 9.17) is 9.97 Å². The van der Waals surface area contributed by atoms with Gasteiger partial charge in [-0.1, -0.05) is 27.7 Å². The molecule has 5 N–H and O–H groups in total. The Bertz CT molecular complexity index is 2190. The van der Waals surface area contributed by atoms with Gasteiger partial charge >= 0.3 is 0 Å². The van der Waals surface area contributed by atoms with Crippen LogP contribution < -0.4 is 0 Å². The van der Waals surface area contributed by atoms with Crippen molar-refractivity contribution < 1.29 is 10.2 Å². The Labute approximate surface area is 290 Å². The maximum absolute atomic E-state index is 9.82. The summed E-state index contributed by atoms with van der Waals surface area (Å²) >= 11 is 0.